The number of epoxide rings is 2. The molecule has 6 heteroatoms. The number of hydrogen-bond donors (Lipinski definition) is 1. The van der Waals surface area contributed by atoms with Crippen LogP contribution in [0.1, 0.15) is 17.9 Å². The van der Waals surface area contributed by atoms with E-state index in [1.165, 1.54) is 0 Å². The first-order valence-corrected chi connectivity index (χ1v) is 8.63. The molecule has 110 valence electrons. The highest BCUT2D eigenvalue weighted by Gasteiger charge is 2.35. The first-order chi connectivity index (χ1) is 9.62. The molecule has 2 saturated heterocycles. The summed E-state index contributed by atoms with van der Waals surface area (Å²) in [4.78, 5) is 9.79. The van der Waals surface area contributed by atoms with E-state index in [0.29, 0.717) is 6.61 Å². The molecular formula is C14H19O5P. The summed E-state index contributed by atoms with van der Waals surface area (Å²) in [6.07, 6.45) is 1.07. The minimum absolute atomic E-state index is 0.0873. The lowest BCUT2D eigenvalue weighted by atomic mass is 9.95. The van der Waals surface area contributed by atoms with Crippen LogP contribution in [0.5, 0.6) is 0 Å². The van der Waals surface area contributed by atoms with Crippen molar-refractivity contribution in [1.29, 1.82) is 0 Å². The van der Waals surface area contributed by atoms with Crippen LogP contribution >= 0.6 is 7.60 Å². The third-order valence-corrected chi connectivity index (χ3v) is 4.96. The molecule has 4 atom stereocenters. The van der Waals surface area contributed by atoms with E-state index in [-0.39, 0.29) is 30.9 Å². The van der Waals surface area contributed by atoms with E-state index < -0.39 is 7.60 Å². The summed E-state index contributed by atoms with van der Waals surface area (Å²) in [5.41, 5.74) is 1.12. The maximum absolute atomic E-state index is 11.9. The van der Waals surface area contributed by atoms with Gasteiger partial charge in [-0.15, -0.1) is 0 Å². The molecule has 0 aliphatic carbocycles. The lowest BCUT2D eigenvalue weighted by molar-refractivity contribution is 0.228. The smallest absolute Gasteiger partial charge is 0.330 e. The van der Waals surface area contributed by atoms with Crippen molar-refractivity contribution in [2.75, 3.05) is 26.0 Å². The predicted octanol–water partition coefficient (Wildman–Crippen LogP) is 2.16. The molecule has 20 heavy (non-hydrogen) atoms. The molecule has 4 unspecified atom stereocenters. The van der Waals surface area contributed by atoms with Crippen molar-refractivity contribution >= 4 is 7.60 Å². The molecule has 0 saturated carbocycles. The van der Waals surface area contributed by atoms with Crippen molar-refractivity contribution in [2.45, 2.75) is 24.5 Å². The van der Waals surface area contributed by atoms with Crippen LogP contribution in [-0.4, -0.2) is 43.1 Å². The monoisotopic (exact) mass is 298 g/mol. The average molecular weight is 298 g/mol. The molecule has 3 rings (SSSR count). The van der Waals surface area contributed by atoms with Gasteiger partial charge in [-0.2, -0.15) is 0 Å². The van der Waals surface area contributed by atoms with Crippen LogP contribution in [0.25, 0.3) is 0 Å². The minimum Gasteiger partial charge on any atom is -0.373 e. The molecule has 0 aromatic heterocycles. The van der Waals surface area contributed by atoms with Crippen molar-refractivity contribution in [3.8, 4) is 0 Å². The highest BCUT2D eigenvalue weighted by molar-refractivity contribution is 7.52. The summed E-state index contributed by atoms with van der Waals surface area (Å²) in [6, 6.07) is 9.92. The van der Waals surface area contributed by atoms with Crippen LogP contribution in [0.3, 0.4) is 0 Å². The topological polar surface area (TPSA) is 71.6 Å². The second-order valence-electron chi connectivity index (χ2n) is 5.37. The van der Waals surface area contributed by atoms with Crippen molar-refractivity contribution in [1.82, 2.24) is 0 Å². The van der Waals surface area contributed by atoms with Gasteiger partial charge >= 0.3 is 7.60 Å². The van der Waals surface area contributed by atoms with E-state index in [9.17, 15) is 9.46 Å². The highest BCUT2D eigenvalue weighted by atomic mass is 31.2. The third kappa shape index (κ3) is 4.40. The Morgan fingerprint density at radius 3 is 2.50 bits per heavy atom. The first kappa shape index (κ1) is 14.2. The Kier molecular flexibility index (Phi) is 4.24. The van der Waals surface area contributed by atoms with Crippen molar-refractivity contribution in [3.63, 3.8) is 0 Å². The first-order valence-electron chi connectivity index (χ1n) is 6.87. The number of rotatable bonds is 8. The van der Waals surface area contributed by atoms with E-state index in [1.807, 2.05) is 30.3 Å². The highest BCUT2D eigenvalue weighted by Crippen LogP contribution is 2.46. The fourth-order valence-corrected chi connectivity index (χ4v) is 3.48. The van der Waals surface area contributed by atoms with Gasteiger partial charge in [0.15, 0.2) is 0 Å². The number of hydrogen-bond acceptors (Lipinski definition) is 4. The second-order valence-corrected chi connectivity index (χ2v) is 7.27. The average Bonchev–Trinajstić information content (AvgIpc) is 3.31. The standard InChI is InChI=1S/C14H19O5P/c15-20(16,10-14-9-18-14)19-7-12(6-13-8-17-13)11-4-2-1-3-5-11/h1-5,12-14H,6-10H2,(H,15,16). The van der Waals surface area contributed by atoms with Gasteiger partial charge in [0.25, 0.3) is 0 Å². The Hall–Kier alpha value is -0.710. The van der Waals surface area contributed by atoms with Crippen molar-refractivity contribution in [3.05, 3.63) is 35.9 Å². The van der Waals surface area contributed by atoms with Crippen molar-refractivity contribution in [2.24, 2.45) is 0 Å². The fraction of sp³-hybridized carbons (Fsp3) is 0.571. The summed E-state index contributed by atoms with van der Waals surface area (Å²) in [5, 5.41) is 0. The maximum Gasteiger partial charge on any atom is 0.330 e. The van der Waals surface area contributed by atoms with E-state index in [2.05, 4.69) is 0 Å². The van der Waals surface area contributed by atoms with Gasteiger partial charge in [0, 0.05) is 5.92 Å². The zero-order valence-electron chi connectivity index (χ0n) is 11.2. The van der Waals surface area contributed by atoms with Crippen molar-refractivity contribution < 1.29 is 23.5 Å². The zero-order chi connectivity index (χ0) is 14.0. The molecular weight excluding hydrogens is 279 g/mol. The van der Waals surface area contributed by atoms with E-state index in [4.69, 9.17) is 14.0 Å². The van der Waals surface area contributed by atoms with Crippen LogP contribution in [0.15, 0.2) is 30.3 Å². The SMILES string of the molecule is O=P(O)(CC1CO1)OCC(CC1CO1)c1ccccc1. The molecule has 0 spiro atoms. The summed E-state index contributed by atoms with van der Waals surface area (Å²) in [5.74, 6) is 0.0873. The van der Waals surface area contributed by atoms with Crippen LogP contribution in [0.4, 0.5) is 0 Å². The minimum atomic E-state index is -3.55. The van der Waals surface area contributed by atoms with Gasteiger partial charge < -0.3 is 18.9 Å². The Labute approximate surface area is 118 Å². The summed E-state index contributed by atoms with van der Waals surface area (Å²) >= 11 is 0. The third-order valence-electron chi connectivity index (χ3n) is 3.53. The molecule has 1 N–H and O–H groups in total. The van der Waals surface area contributed by atoms with Gasteiger partial charge in [-0.25, -0.2) is 0 Å². The van der Waals surface area contributed by atoms with E-state index in [1.54, 1.807) is 0 Å². The lowest BCUT2D eigenvalue weighted by Gasteiger charge is -2.19. The fourth-order valence-electron chi connectivity index (χ4n) is 2.24. The molecule has 1 aromatic carbocycles. The predicted molar refractivity (Wildman–Crippen MR) is 73.9 cm³/mol. The molecule has 0 radical (unpaired) electrons. The summed E-state index contributed by atoms with van der Waals surface area (Å²) in [6.45, 7) is 1.58. The molecule has 0 bridgehead atoms. The van der Waals surface area contributed by atoms with Gasteiger partial charge in [-0.1, -0.05) is 30.3 Å². The van der Waals surface area contributed by atoms with E-state index >= 15 is 0 Å². The molecule has 1 aromatic rings. The number of benzene rings is 1. The lowest BCUT2D eigenvalue weighted by Crippen LogP contribution is -2.11. The van der Waals surface area contributed by atoms with Gasteiger partial charge in [0.05, 0.1) is 38.2 Å². The normalized spacial score (nSPS) is 28.6. The Morgan fingerprint density at radius 1 is 1.25 bits per heavy atom. The molecule has 2 heterocycles. The Morgan fingerprint density at radius 2 is 1.90 bits per heavy atom. The van der Waals surface area contributed by atoms with Crippen LogP contribution in [0.2, 0.25) is 0 Å². The Balaban J connectivity index is 1.59. The van der Waals surface area contributed by atoms with Gasteiger partial charge in [-0.3, -0.25) is 4.57 Å². The second kappa shape index (κ2) is 5.96. The molecule has 0 amide bonds. The summed E-state index contributed by atoms with van der Waals surface area (Å²) < 4.78 is 27.5. The van der Waals surface area contributed by atoms with Crippen LogP contribution in [0, 0.1) is 0 Å². The molecule has 5 nitrogen and oxygen atoms in total. The molecule has 2 aliphatic rings. The van der Waals surface area contributed by atoms with Gasteiger partial charge in [-0.05, 0) is 12.0 Å². The maximum atomic E-state index is 11.9. The largest absolute Gasteiger partial charge is 0.373 e. The molecule has 2 aliphatic heterocycles. The van der Waals surface area contributed by atoms with Gasteiger partial charge in [0.2, 0.25) is 0 Å². The quantitative estimate of drug-likeness (QED) is 0.588. The van der Waals surface area contributed by atoms with Crippen LogP contribution in [-0.2, 0) is 18.6 Å². The zero-order valence-corrected chi connectivity index (χ0v) is 12.1. The summed E-state index contributed by atoms with van der Waals surface area (Å²) in [7, 11) is -3.55. The van der Waals surface area contributed by atoms with Crippen LogP contribution < -0.4 is 0 Å². The van der Waals surface area contributed by atoms with Gasteiger partial charge in [0.1, 0.15) is 0 Å². The molecule has 2 fully saturated rings. The number of ether oxygens (including phenoxy) is 2. The Bertz CT molecular complexity index is 484. The van der Waals surface area contributed by atoms with E-state index in [0.717, 1.165) is 18.6 Å².